The second kappa shape index (κ2) is 17.7. The third kappa shape index (κ3) is 8.49. The average Bonchev–Trinajstić information content (AvgIpc) is 4.06. The Kier molecular flexibility index (Phi) is 11.9. The van der Waals surface area contributed by atoms with E-state index in [4.69, 9.17) is 4.74 Å². The minimum absolute atomic E-state index is 0.0265. The lowest BCUT2D eigenvalue weighted by Crippen LogP contribution is -2.44. The summed E-state index contributed by atoms with van der Waals surface area (Å²) in [7, 11) is 1.72. The Balaban J connectivity index is 0.729. The van der Waals surface area contributed by atoms with Crippen molar-refractivity contribution in [1.82, 2.24) is 43.7 Å². The number of fused-ring (bicyclic) bond motifs is 2. The number of piperidine rings is 2. The van der Waals surface area contributed by atoms with Crippen molar-refractivity contribution in [3.8, 4) is 0 Å². The van der Waals surface area contributed by atoms with Crippen LogP contribution in [0.1, 0.15) is 104 Å². The SMILES string of the molecule is Cn1c(=O)n(C2CCC(=O)NC2=O)c2cccc(CCCOC3CCN(C[C@H]4CC[C@H](n5cc(NC(=O)c6cnn7ccc(N8CC[C@@H](O)C8)nc67)c(C(F)F)n5)CC4)CC3)c21. The summed E-state index contributed by atoms with van der Waals surface area (Å²) < 4.78 is 41.0. The van der Waals surface area contributed by atoms with Gasteiger partial charge in [0, 0.05) is 65.2 Å². The highest BCUT2D eigenvalue weighted by Crippen LogP contribution is 2.36. The zero-order valence-corrected chi connectivity index (χ0v) is 34.8. The molecule has 4 fully saturated rings. The van der Waals surface area contributed by atoms with Gasteiger partial charge in [-0.15, -0.1) is 0 Å². The van der Waals surface area contributed by atoms with E-state index in [1.807, 2.05) is 23.1 Å². The number of alkyl halides is 2. The van der Waals surface area contributed by atoms with Crippen LogP contribution in [-0.2, 0) is 27.8 Å². The van der Waals surface area contributed by atoms with Crippen LogP contribution in [0.25, 0.3) is 16.7 Å². The van der Waals surface area contributed by atoms with E-state index in [2.05, 4.69) is 30.7 Å². The standard InChI is InChI=1S/C43H53F2N11O6/c1-51-38-27(4-2-6-33(38)56(43(51)61)34-11-12-36(58)49-42(34)60)5-3-21-62-30-14-17-52(18-15-30)23-26-7-9-28(10-8-26)55-25-32(37(50-55)39(44)45)47-41(59)31-22-46-54-20-16-35(48-40(31)54)53-19-13-29(57)24-53/h2,4,6,16,20,22,25-26,28-30,34,39,57H,3,5,7-15,17-19,21,23-24H2,1H3,(H,47,59)(H,49,58,60)/t26-,28-,29-,34?/m1/s1. The van der Waals surface area contributed by atoms with Gasteiger partial charge in [-0.2, -0.15) is 10.2 Å². The molecule has 3 N–H and O–H groups in total. The van der Waals surface area contributed by atoms with Crippen molar-refractivity contribution in [2.24, 2.45) is 13.0 Å². The Morgan fingerprint density at radius 2 is 1.84 bits per heavy atom. The molecule has 330 valence electrons. The van der Waals surface area contributed by atoms with E-state index in [0.29, 0.717) is 55.4 Å². The van der Waals surface area contributed by atoms with Crippen molar-refractivity contribution in [1.29, 1.82) is 0 Å². The molecule has 19 heteroatoms. The van der Waals surface area contributed by atoms with Crippen molar-refractivity contribution < 1.29 is 33.0 Å². The molecule has 0 bridgehead atoms. The van der Waals surface area contributed by atoms with Crippen molar-refractivity contribution in [3.05, 3.63) is 70.2 Å². The van der Waals surface area contributed by atoms with Gasteiger partial charge in [0.05, 0.1) is 41.2 Å². The fraction of sp³-hybridized carbons (Fsp3) is 0.558. The molecule has 4 aliphatic rings. The number of hydrogen-bond acceptors (Lipinski definition) is 11. The number of amides is 3. The van der Waals surface area contributed by atoms with Crippen molar-refractivity contribution >= 4 is 45.9 Å². The number of benzene rings is 1. The maximum Gasteiger partial charge on any atom is 0.329 e. The molecule has 5 aromatic rings. The highest BCUT2D eigenvalue weighted by atomic mass is 19.3. The molecule has 3 saturated heterocycles. The Morgan fingerprint density at radius 3 is 2.58 bits per heavy atom. The molecule has 3 amide bonds. The van der Waals surface area contributed by atoms with E-state index >= 15 is 0 Å². The summed E-state index contributed by atoms with van der Waals surface area (Å²) in [6, 6.07) is 6.77. The molecule has 17 nitrogen and oxygen atoms in total. The lowest BCUT2D eigenvalue weighted by molar-refractivity contribution is -0.135. The van der Waals surface area contributed by atoms with Gasteiger partial charge in [-0.25, -0.2) is 23.1 Å². The molecule has 1 aliphatic carbocycles. The predicted octanol–water partition coefficient (Wildman–Crippen LogP) is 4.16. The van der Waals surface area contributed by atoms with E-state index < -0.39 is 36.1 Å². The summed E-state index contributed by atoms with van der Waals surface area (Å²) in [5, 5.41) is 23.5. The molecule has 3 aliphatic heterocycles. The number of nitrogens with one attached hydrogen (secondary N) is 2. The van der Waals surface area contributed by atoms with Gasteiger partial charge in [0.2, 0.25) is 11.8 Å². The normalized spacial score (nSPS) is 23.0. The number of ether oxygens (including phenoxy) is 1. The third-order valence-electron chi connectivity index (χ3n) is 13.2. The van der Waals surface area contributed by atoms with Gasteiger partial charge >= 0.3 is 5.69 Å². The number of aliphatic hydroxyl groups is 1. The Labute approximate surface area is 356 Å². The van der Waals surface area contributed by atoms with Crippen LogP contribution in [0.2, 0.25) is 0 Å². The molecule has 2 atom stereocenters. The van der Waals surface area contributed by atoms with Crippen LogP contribution in [-0.4, -0.2) is 113 Å². The second-order valence-electron chi connectivity index (χ2n) is 17.3. The second-order valence-corrected chi connectivity index (χ2v) is 17.3. The summed E-state index contributed by atoms with van der Waals surface area (Å²) in [5.74, 6) is -0.264. The number of likely N-dealkylation sites (tertiary alicyclic amines) is 1. The number of carbonyl (C=O) groups is 3. The molecule has 0 radical (unpaired) electrons. The number of carbonyl (C=O) groups excluding carboxylic acids is 3. The lowest BCUT2D eigenvalue weighted by atomic mass is 9.85. The van der Waals surface area contributed by atoms with Gasteiger partial charge in [-0.1, -0.05) is 12.1 Å². The highest BCUT2D eigenvalue weighted by molar-refractivity contribution is 6.08. The number of β-amino-alcohol motifs (C(OH)–C–C–N with tert-alkyl or cyclic N) is 1. The zero-order chi connectivity index (χ0) is 43.1. The molecular weight excluding hydrogens is 805 g/mol. The van der Waals surface area contributed by atoms with E-state index in [0.717, 1.165) is 82.1 Å². The van der Waals surface area contributed by atoms with E-state index in [-0.39, 0.29) is 41.4 Å². The minimum atomic E-state index is -2.87. The monoisotopic (exact) mass is 857 g/mol. The molecule has 1 unspecified atom stereocenters. The summed E-state index contributed by atoms with van der Waals surface area (Å²) in [5.41, 5.74) is 2.19. The van der Waals surface area contributed by atoms with Crippen LogP contribution in [0.4, 0.5) is 20.3 Å². The number of rotatable bonds is 13. The van der Waals surface area contributed by atoms with Crippen LogP contribution < -0.4 is 21.2 Å². The number of aromatic nitrogens is 7. The quantitative estimate of drug-likeness (QED) is 0.114. The number of aliphatic hydroxyl groups excluding tert-OH is 1. The number of aryl methyl sites for hydroxylation is 2. The Morgan fingerprint density at radius 1 is 1.03 bits per heavy atom. The smallest absolute Gasteiger partial charge is 0.329 e. The first kappa shape index (κ1) is 41.8. The third-order valence-corrected chi connectivity index (χ3v) is 13.2. The first-order chi connectivity index (χ1) is 30.0. The number of imidazole rings is 1. The highest BCUT2D eigenvalue weighted by Gasteiger charge is 2.33. The maximum absolute atomic E-state index is 14.2. The fourth-order valence-corrected chi connectivity index (χ4v) is 9.86. The number of para-hydroxylation sites is 1. The molecule has 1 aromatic carbocycles. The lowest BCUT2D eigenvalue weighted by Gasteiger charge is -2.36. The average molecular weight is 858 g/mol. The number of anilines is 2. The molecular formula is C43H53F2N11O6. The Hall–Kier alpha value is -5.53. The molecule has 7 heterocycles. The summed E-state index contributed by atoms with van der Waals surface area (Å²) in [6.45, 7) is 4.56. The molecule has 4 aromatic heterocycles. The van der Waals surface area contributed by atoms with E-state index in [1.165, 1.54) is 21.5 Å². The number of imide groups is 1. The van der Waals surface area contributed by atoms with Gasteiger partial charge in [0.15, 0.2) is 11.3 Å². The summed E-state index contributed by atoms with van der Waals surface area (Å²) >= 11 is 0. The van der Waals surface area contributed by atoms with Crippen molar-refractivity contribution in [3.63, 3.8) is 0 Å². The van der Waals surface area contributed by atoms with Crippen LogP contribution in [0.5, 0.6) is 0 Å². The first-order valence-electron chi connectivity index (χ1n) is 21.8. The number of hydrogen-bond donors (Lipinski definition) is 3. The number of nitrogens with zero attached hydrogens (tertiary/aromatic N) is 9. The van der Waals surface area contributed by atoms with Crippen molar-refractivity contribution in [2.75, 3.05) is 49.5 Å². The minimum Gasteiger partial charge on any atom is -0.391 e. The van der Waals surface area contributed by atoms with Gasteiger partial charge < -0.3 is 25.0 Å². The van der Waals surface area contributed by atoms with Gasteiger partial charge in [-0.3, -0.25) is 33.5 Å². The van der Waals surface area contributed by atoms with Crippen LogP contribution in [0.15, 0.2) is 47.7 Å². The maximum atomic E-state index is 14.2. The summed E-state index contributed by atoms with van der Waals surface area (Å²) in [6.07, 6.45) is 9.47. The van der Waals surface area contributed by atoms with Gasteiger partial charge in [-0.05, 0) is 87.8 Å². The molecule has 9 rings (SSSR count). The van der Waals surface area contributed by atoms with Gasteiger partial charge in [0.1, 0.15) is 17.4 Å². The number of halogens is 2. The molecule has 62 heavy (non-hydrogen) atoms. The molecule has 0 spiro atoms. The van der Waals surface area contributed by atoms with Crippen LogP contribution in [0.3, 0.4) is 0 Å². The van der Waals surface area contributed by atoms with Crippen molar-refractivity contribution in [2.45, 2.75) is 101 Å². The van der Waals surface area contributed by atoms with E-state index in [1.54, 1.807) is 28.6 Å². The Bertz CT molecular complexity index is 2520. The predicted molar refractivity (Wildman–Crippen MR) is 224 cm³/mol. The fourth-order valence-electron chi connectivity index (χ4n) is 9.86. The molecule has 1 saturated carbocycles. The first-order valence-corrected chi connectivity index (χ1v) is 21.8. The summed E-state index contributed by atoms with van der Waals surface area (Å²) in [4.78, 5) is 60.1. The van der Waals surface area contributed by atoms with Crippen LogP contribution in [0, 0.1) is 5.92 Å². The van der Waals surface area contributed by atoms with E-state index in [9.17, 15) is 33.1 Å². The van der Waals surface area contributed by atoms with Crippen LogP contribution >= 0.6 is 0 Å². The zero-order valence-electron chi connectivity index (χ0n) is 34.8. The topological polar surface area (TPSA) is 186 Å². The van der Waals surface area contributed by atoms with Gasteiger partial charge in [0.25, 0.3) is 12.3 Å². The largest absolute Gasteiger partial charge is 0.391 e.